The molecule has 0 spiro atoms. The van der Waals surface area contributed by atoms with Crippen molar-refractivity contribution in [3.05, 3.63) is 52.4 Å². The lowest BCUT2D eigenvalue weighted by molar-refractivity contribution is -0.159. The number of hydrogen-bond donors (Lipinski definition) is 0. The number of hydrogen-bond acceptors (Lipinski definition) is 6. The monoisotopic (exact) mass is 485 g/mol. The Balaban J connectivity index is 1.49. The van der Waals surface area contributed by atoms with Crippen molar-refractivity contribution < 1.29 is 19.1 Å². The minimum absolute atomic E-state index is 0.128. The van der Waals surface area contributed by atoms with Crippen LogP contribution < -0.4 is 0 Å². The van der Waals surface area contributed by atoms with E-state index in [1.54, 1.807) is 12.1 Å². The van der Waals surface area contributed by atoms with Crippen molar-refractivity contribution >= 4 is 45.8 Å². The Morgan fingerprint density at radius 1 is 1.18 bits per heavy atom. The molecule has 2 heterocycles. The summed E-state index contributed by atoms with van der Waals surface area (Å²) < 4.78 is 11.8. The van der Waals surface area contributed by atoms with Gasteiger partial charge in [0.1, 0.15) is 6.10 Å². The topological polar surface area (TPSA) is 65.5 Å². The fourth-order valence-electron chi connectivity index (χ4n) is 4.58. The molecule has 3 atom stereocenters. The number of aromatic nitrogens is 1. The summed E-state index contributed by atoms with van der Waals surface area (Å²) in [6, 6.07) is 12.7. The smallest absolute Gasteiger partial charge is 0.344 e. The van der Waals surface area contributed by atoms with Gasteiger partial charge < -0.3 is 9.47 Å². The van der Waals surface area contributed by atoms with E-state index in [0.717, 1.165) is 24.1 Å². The minimum atomic E-state index is -0.577. The van der Waals surface area contributed by atoms with Crippen LogP contribution in [0.3, 0.4) is 0 Å². The Bertz CT molecular complexity index is 1160. The second-order valence-corrected chi connectivity index (χ2v) is 10.8. The zero-order valence-electron chi connectivity index (χ0n) is 19.0. The summed E-state index contributed by atoms with van der Waals surface area (Å²) in [7, 11) is 0. The summed E-state index contributed by atoms with van der Waals surface area (Å²) >= 11 is 7.47. The highest BCUT2D eigenvalue weighted by Crippen LogP contribution is 2.35. The van der Waals surface area contributed by atoms with E-state index in [2.05, 4.69) is 25.8 Å². The molecule has 0 saturated heterocycles. The lowest BCUT2D eigenvalue weighted by Crippen LogP contribution is -2.36. The summed E-state index contributed by atoms with van der Waals surface area (Å²) in [5, 5.41) is 0.670. The van der Waals surface area contributed by atoms with Crippen LogP contribution in [0.15, 0.2) is 42.5 Å². The molecule has 0 amide bonds. The van der Waals surface area contributed by atoms with Crippen molar-refractivity contribution in [3.8, 4) is 10.6 Å². The van der Waals surface area contributed by atoms with Crippen molar-refractivity contribution in [2.45, 2.75) is 46.1 Å². The van der Waals surface area contributed by atoms with E-state index in [0.29, 0.717) is 44.3 Å². The molecule has 7 heteroatoms. The number of para-hydroxylation sites is 1. The van der Waals surface area contributed by atoms with Gasteiger partial charge in [-0.2, -0.15) is 0 Å². The van der Waals surface area contributed by atoms with E-state index < -0.39 is 18.5 Å². The van der Waals surface area contributed by atoms with E-state index >= 15 is 0 Å². The number of ether oxygens (including phenoxy) is 2. The molecule has 1 aliphatic carbocycles. The molecule has 4 rings (SSSR count). The lowest BCUT2D eigenvalue weighted by atomic mass is 9.75. The van der Waals surface area contributed by atoms with Crippen molar-refractivity contribution in [3.63, 3.8) is 0 Å². The SMILES string of the molecule is CC(C)[C@@H]1CC[C@@H](C)C[C@H]1OC(=O)COC(=O)c1cc(-c2ccc(Cl)s2)nc2ccccc12. The third-order valence-electron chi connectivity index (χ3n) is 6.33. The molecule has 33 heavy (non-hydrogen) atoms. The maximum Gasteiger partial charge on any atom is 0.344 e. The third-order valence-corrected chi connectivity index (χ3v) is 7.58. The van der Waals surface area contributed by atoms with Crippen LogP contribution in [0.2, 0.25) is 4.34 Å². The summed E-state index contributed by atoms with van der Waals surface area (Å²) in [6.45, 7) is 6.10. The summed E-state index contributed by atoms with van der Waals surface area (Å²) in [5.74, 6) is 0.215. The van der Waals surface area contributed by atoms with Crippen LogP contribution in [-0.2, 0) is 14.3 Å². The fourth-order valence-corrected chi connectivity index (χ4v) is 5.58. The molecular weight excluding hydrogens is 458 g/mol. The molecule has 1 saturated carbocycles. The normalized spacial score (nSPS) is 20.7. The highest BCUT2D eigenvalue weighted by Gasteiger charge is 2.33. The van der Waals surface area contributed by atoms with Gasteiger partial charge in [0.15, 0.2) is 6.61 Å². The number of halogens is 1. The average Bonchev–Trinajstić information content (AvgIpc) is 3.23. The van der Waals surface area contributed by atoms with Gasteiger partial charge >= 0.3 is 11.9 Å². The van der Waals surface area contributed by atoms with Gasteiger partial charge in [-0.25, -0.2) is 14.6 Å². The van der Waals surface area contributed by atoms with Crippen molar-refractivity contribution in [1.29, 1.82) is 0 Å². The van der Waals surface area contributed by atoms with E-state index in [4.69, 9.17) is 21.1 Å². The van der Waals surface area contributed by atoms with Gasteiger partial charge in [0, 0.05) is 5.39 Å². The molecule has 0 bridgehead atoms. The second-order valence-electron chi connectivity index (χ2n) is 9.11. The Labute approximate surface area is 203 Å². The van der Waals surface area contributed by atoms with Crippen molar-refractivity contribution in [1.82, 2.24) is 4.98 Å². The minimum Gasteiger partial charge on any atom is -0.460 e. The summed E-state index contributed by atoms with van der Waals surface area (Å²) in [6.07, 6.45) is 2.93. The summed E-state index contributed by atoms with van der Waals surface area (Å²) in [4.78, 5) is 31.1. The third kappa shape index (κ3) is 5.56. The first kappa shape index (κ1) is 23.7. The highest BCUT2D eigenvalue weighted by atomic mass is 35.5. The zero-order valence-corrected chi connectivity index (χ0v) is 20.6. The lowest BCUT2D eigenvalue weighted by Gasteiger charge is -2.36. The van der Waals surface area contributed by atoms with Crippen LogP contribution in [-0.4, -0.2) is 29.6 Å². The molecule has 0 radical (unpaired) electrons. The molecule has 5 nitrogen and oxygen atoms in total. The van der Waals surface area contributed by atoms with Gasteiger partial charge in [-0.15, -0.1) is 11.3 Å². The van der Waals surface area contributed by atoms with Crippen LogP contribution in [0.1, 0.15) is 50.4 Å². The predicted molar refractivity (Wildman–Crippen MR) is 132 cm³/mol. The Morgan fingerprint density at radius 2 is 1.97 bits per heavy atom. The summed E-state index contributed by atoms with van der Waals surface area (Å²) in [5.41, 5.74) is 1.67. The van der Waals surface area contributed by atoms with Crippen LogP contribution in [0.25, 0.3) is 21.5 Å². The number of fused-ring (bicyclic) bond motifs is 1. The van der Waals surface area contributed by atoms with Gasteiger partial charge in [-0.1, -0.05) is 57.0 Å². The first-order valence-corrected chi connectivity index (χ1v) is 12.5. The van der Waals surface area contributed by atoms with E-state index in [-0.39, 0.29) is 6.10 Å². The average molecular weight is 486 g/mol. The van der Waals surface area contributed by atoms with Gasteiger partial charge in [0.05, 0.1) is 26.0 Å². The van der Waals surface area contributed by atoms with E-state index in [1.165, 1.54) is 11.3 Å². The number of esters is 2. The molecule has 0 unspecified atom stereocenters. The van der Waals surface area contributed by atoms with Gasteiger partial charge in [-0.05, 0) is 54.9 Å². The maximum absolute atomic E-state index is 13.0. The number of carbonyl (C=O) groups is 2. The van der Waals surface area contributed by atoms with Crippen molar-refractivity contribution in [2.75, 3.05) is 6.61 Å². The molecule has 0 aliphatic heterocycles. The van der Waals surface area contributed by atoms with Crippen LogP contribution >= 0.6 is 22.9 Å². The predicted octanol–water partition coefficient (Wildman–Crippen LogP) is 6.78. The molecule has 1 aliphatic rings. The standard InChI is InChI=1S/C26H28ClNO4S/c1-15(2)17-9-8-16(3)12-22(17)32-25(29)14-31-26(30)19-13-21(23-10-11-24(27)33-23)28-20-7-5-4-6-18(19)20/h4-7,10-11,13,15-17,22H,8-9,12,14H2,1-3H3/t16-,17+,22-/m1/s1. The Morgan fingerprint density at radius 3 is 2.70 bits per heavy atom. The second kappa shape index (κ2) is 10.2. The molecule has 0 N–H and O–H groups in total. The quantitative estimate of drug-likeness (QED) is 0.360. The number of carbonyl (C=O) groups excluding carboxylic acids is 2. The van der Waals surface area contributed by atoms with Gasteiger partial charge in [0.25, 0.3) is 0 Å². The molecule has 2 aromatic heterocycles. The van der Waals surface area contributed by atoms with Gasteiger partial charge in [0.2, 0.25) is 0 Å². The zero-order chi connectivity index (χ0) is 23.5. The highest BCUT2D eigenvalue weighted by molar-refractivity contribution is 7.19. The van der Waals surface area contributed by atoms with Crippen molar-refractivity contribution in [2.24, 2.45) is 17.8 Å². The van der Waals surface area contributed by atoms with Gasteiger partial charge in [-0.3, -0.25) is 0 Å². The molecule has 1 fully saturated rings. The first-order valence-electron chi connectivity index (χ1n) is 11.3. The van der Waals surface area contributed by atoms with Crippen LogP contribution in [0.4, 0.5) is 0 Å². The van der Waals surface area contributed by atoms with Crippen LogP contribution in [0.5, 0.6) is 0 Å². The maximum atomic E-state index is 13.0. The number of rotatable bonds is 6. The number of benzene rings is 1. The largest absolute Gasteiger partial charge is 0.460 e. The fraction of sp³-hybridized carbons (Fsp3) is 0.423. The Hall–Kier alpha value is -2.44. The first-order chi connectivity index (χ1) is 15.8. The number of thiophene rings is 1. The molecule has 174 valence electrons. The molecular formula is C26H28ClNO4S. The number of nitrogens with zero attached hydrogens (tertiary/aromatic N) is 1. The van der Waals surface area contributed by atoms with Crippen LogP contribution in [0, 0.1) is 17.8 Å². The van der Waals surface area contributed by atoms with E-state index in [9.17, 15) is 9.59 Å². The Kier molecular flexibility index (Phi) is 7.35. The molecule has 3 aromatic rings. The molecule has 1 aromatic carbocycles. The number of pyridine rings is 1. The van der Waals surface area contributed by atoms with E-state index in [1.807, 2.05) is 30.3 Å².